The van der Waals surface area contributed by atoms with Gasteiger partial charge in [0.25, 0.3) is 0 Å². The Bertz CT molecular complexity index is 241. The Kier molecular flexibility index (Phi) is 27.2. The molecule has 0 amide bonds. The molecule has 0 aromatic heterocycles. The summed E-state index contributed by atoms with van der Waals surface area (Å²) >= 11 is 0. The summed E-state index contributed by atoms with van der Waals surface area (Å²) in [5.74, 6) is 0. The van der Waals surface area contributed by atoms with Crippen LogP contribution in [0.2, 0.25) is 0 Å². The van der Waals surface area contributed by atoms with Gasteiger partial charge in [-0.1, -0.05) is 104 Å². The van der Waals surface area contributed by atoms with Gasteiger partial charge in [0.2, 0.25) is 0 Å². The molecule has 0 fully saturated rings. The molecule has 0 saturated carbocycles. The van der Waals surface area contributed by atoms with Crippen LogP contribution in [-0.4, -0.2) is 13.2 Å². The number of hydrogen-bond acceptors (Lipinski definition) is 3. The first-order valence-electron chi connectivity index (χ1n) is 10.5. The molecule has 0 atom stereocenters. The molecule has 25 heavy (non-hydrogen) atoms. The number of rotatable bonds is 20. The van der Waals surface area contributed by atoms with Gasteiger partial charge in [-0.25, -0.2) is 0 Å². The molecule has 5 heteroatoms. The molecule has 0 aliphatic carbocycles. The van der Waals surface area contributed by atoms with Crippen molar-refractivity contribution in [3.63, 3.8) is 0 Å². The zero-order valence-corrected chi connectivity index (χ0v) is 18.6. The minimum atomic E-state index is -1.90. The van der Waals surface area contributed by atoms with Crippen molar-refractivity contribution in [3.05, 3.63) is 0 Å². The molecule has 0 N–H and O–H groups in total. The second-order valence-electron chi connectivity index (χ2n) is 6.84. The molecule has 0 aromatic carbocycles. The first-order valence-corrected chi connectivity index (χ1v) is 11.6. The fourth-order valence-electron chi connectivity index (χ4n) is 2.79. The van der Waals surface area contributed by atoms with Gasteiger partial charge in [0.05, 0.1) is 0 Å². The van der Waals surface area contributed by atoms with Crippen LogP contribution in [0.25, 0.3) is 0 Å². The first-order chi connectivity index (χ1) is 11.8. The van der Waals surface area contributed by atoms with Crippen LogP contribution in [0.5, 0.6) is 0 Å². The number of hydrogen-bond donors (Lipinski definition) is 0. The third-order valence-electron chi connectivity index (χ3n) is 4.39. The van der Waals surface area contributed by atoms with Crippen LogP contribution in [0.15, 0.2) is 0 Å². The zero-order chi connectivity index (χ0) is 17.7. The van der Waals surface area contributed by atoms with Crippen molar-refractivity contribution in [2.24, 2.45) is 0 Å². The topological polar surface area (TPSA) is 35.5 Å². The summed E-state index contributed by atoms with van der Waals surface area (Å²) in [6.07, 6.45) is 20.3. The van der Waals surface area contributed by atoms with Crippen molar-refractivity contribution >= 4 is 8.25 Å². The molecule has 0 rings (SSSR count). The van der Waals surface area contributed by atoms with E-state index in [0.29, 0.717) is 13.2 Å². The van der Waals surface area contributed by atoms with E-state index in [4.69, 9.17) is 9.05 Å². The summed E-state index contributed by atoms with van der Waals surface area (Å²) < 4.78 is 22.1. The van der Waals surface area contributed by atoms with E-state index in [-0.39, 0.29) is 16.5 Å². The van der Waals surface area contributed by atoms with E-state index >= 15 is 0 Å². The molecule has 0 radical (unpaired) electrons. The summed E-state index contributed by atoms with van der Waals surface area (Å²) in [5, 5.41) is 0. The van der Waals surface area contributed by atoms with E-state index in [1.807, 2.05) is 0 Å². The summed E-state index contributed by atoms with van der Waals surface area (Å²) in [7, 11) is -1.90. The fraction of sp³-hybridized carbons (Fsp3) is 1.00. The minimum absolute atomic E-state index is 0. The molecular weight excluding hydrogens is 378 g/mol. The maximum Gasteiger partial charge on any atom is 0.697 e. The Morgan fingerprint density at radius 2 is 0.800 bits per heavy atom. The van der Waals surface area contributed by atoms with E-state index < -0.39 is 8.25 Å². The Labute approximate surface area is 168 Å². The predicted molar refractivity (Wildman–Crippen MR) is 105 cm³/mol. The van der Waals surface area contributed by atoms with Gasteiger partial charge in [-0.15, -0.1) is 9.05 Å². The van der Waals surface area contributed by atoms with Gasteiger partial charge in [0.1, 0.15) is 13.2 Å². The van der Waals surface area contributed by atoms with Crippen LogP contribution in [-0.2, 0) is 30.1 Å². The Morgan fingerprint density at radius 3 is 1.12 bits per heavy atom. The fourth-order valence-corrected chi connectivity index (χ4v) is 3.42. The largest absolute Gasteiger partial charge is 0.697 e. The quantitative estimate of drug-likeness (QED) is 0.114. The monoisotopic (exact) mass is 419 g/mol. The Morgan fingerprint density at radius 1 is 0.520 bits per heavy atom. The van der Waals surface area contributed by atoms with Crippen LogP contribution in [0.1, 0.15) is 117 Å². The smallest absolute Gasteiger partial charge is 0.119 e. The van der Waals surface area contributed by atoms with E-state index in [2.05, 4.69) is 13.8 Å². The van der Waals surface area contributed by atoms with Gasteiger partial charge in [-0.05, 0) is 12.8 Å². The molecule has 0 heterocycles. The molecule has 0 spiro atoms. The van der Waals surface area contributed by atoms with Crippen molar-refractivity contribution in [3.8, 4) is 0 Å². The SMILES string of the molecule is CCCCCCCCCCO[P+](=O)OCCCCCCCCCC.[Ni]. The Hall–Kier alpha value is 0.514. The van der Waals surface area contributed by atoms with Crippen LogP contribution >= 0.6 is 8.25 Å². The third kappa shape index (κ3) is 24.5. The molecule has 0 aliphatic rings. The molecule has 3 nitrogen and oxygen atoms in total. The summed E-state index contributed by atoms with van der Waals surface area (Å²) in [6.45, 7) is 5.63. The maximum atomic E-state index is 11.6. The standard InChI is InChI=1S/C20H42O3P.Ni/c1-3-5-7-9-11-13-15-17-19-22-24(21)23-20-18-16-14-12-10-8-6-4-2;/h3-20H2,1-2H3;/q+1;. The molecule has 0 aromatic rings. The average Bonchev–Trinajstić information content (AvgIpc) is 2.59. The molecule has 0 saturated heterocycles. The maximum absolute atomic E-state index is 11.6. The van der Waals surface area contributed by atoms with Crippen molar-refractivity contribution in [1.82, 2.24) is 0 Å². The minimum Gasteiger partial charge on any atom is -0.119 e. The molecule has 0 aliphatic heterocycles. The van der Waals surface area contributed by atoms with Gasteiger partial charge in [-0.3, -0.25) is 0 Å². The van der Waals surface area contributed by atoms with Crippen LogP contribution < -0.4 is 0 Å². The zero-order valence-electron chi connectivity index (χ0n) is 16.7. The van der Waals surface area contributed by atoms with E-state index in [9.17, 15) is 4.57 Å². The van der Waals surface area contributed by atoms with E-state index in [0.717, 1.165) is 12.8 Å². The number of unbranched alkanes of at least 4 members (excludes halogenated alkanes) is 14. The van der Waals surface area contributed by atoms with Crippen molar-refractivity contribution in [2.75, 3.05) is 13.2 Å². The van der Waals surface area contributed by atoms with Crippen molar-refractivity contribution < 1.29 is 30.1 Å². The summed E-state index contributed by atoms with van der Waals surface area (Å²) in [4.78, 5) is 0. The van der Waals surface area contributed by atoms with Gasteiger partial charge < -0.3 is 0 Å². The summed E-state index contributed by atoms with van der Waals surface area (Å²) in [5.41, 5.74) is 0. The second-order valence-corrected chi connectivity index (χ2v) is 7.80. The van der Waals surface area contributed by atoms with E-state index in [1.165, 1.54) is 89.9 Å². The first kappa shape index (κ1) is 27.7. The van der Waals surface area contributed by atoms with Crippen LogP contribution in [0.3, 0.4) is 0 Å². The molecular formula is C20H42NiO3P+. The molecule has 154 valence electrons. The second kappa shape index (κ2) is 24.5. The van der Waals surface area contributed by atoms with Gasteiger partial charge in [0, 0.05) is 21.1 Å². The van der Waals surface area contributed by atoms with Gasteiger partial charge >= 0.3 is 8.25 Å². The van der Waals surface area contributed by atoms with Crippen molar-refractivity contribution in [1.29, 1.82) is 0 Å². The average molecular weight is 420 g/mol. The molecule has 0 bridgehead atoms. The van der Waals surface area contributed by atoms with E-state index in [1.54, 1.807) is 0 Å². The molecule has 0 unspecified atom stereocenters. The van der Waals surface area contributed by atoms with Gasteiger partial charge in [0.15, 0.2) is 0 Å². The summed E-state index contributed by atoms with van der Waals surface area (Å²) in [6, 6.07) is 0. The van der Waals surface area contributed by atoms with Crippen LogP contribution in [0.4, 0.5) is 0 Å². The predicted octanol–water partition coefficient (Wildman–Crippen LogP) is 7.96. The van der Waals surface area contributed by atoms with Crippen LogP contribution in [0, 0.1) is 0 Å². The Balaban J connectivity index is 0. The van der Waals surface area contributed by atoms with Crippen molar-refractivity contribution in [2.45, 2.75) is 117 Å². The van der Waals surface area contributed by atoms with Gasteiger partial charge in [-0.2, -0.15) is 0 Å². The third-order valence-corrected chi connectivity index (χ3v) is 5.18. The normalized spacial score (nSPS) is 10.6.